The summed E-state index contributed by atoms with van der Waals surface area (Å²) in [5.41, 5.74) is 7.67. The molecule has 1 atom stereocenters. The number of nitrogens with one attached hydrogen (secondary N) is 1. The van der Waals surface area contributed by atoms with E-state index in [9.17, 15) is 22.2 Å². The minimum atomic E-state index is -2.61. The molecule has 3 N–H and O–H groups in total. The van der Waals surface area contributed by atoms with Crippen LogP contribution in [-0.2, 0) is 15.6 Å². The number of halogens is 3. The van der Waals surface area contributed by atoms with E-state index in [1.165, 1.54) is 19.3 Å². The normalized spacial score (nSPS) is 17.5. The zero-order valence-corrected chi connectivity index (χ0v) is 24.5. The molecular weight excluding hydrogens is 567 g/mol. The number of amides is 1. The number of anilines is 1. The van der Waals surface area contributed by atoms with Crippen LogP contribution in [0.2, 0.25) is 0 Å². The number of benzene rings is 1. The van der Waals surface area contributed by atoms with E-state index in [1.807, 2.05) is 12.3 Å². The predicted molar refractivity (Wildman–Crippen MR) is 157 cm³/mol. The van der Waals surface area contributed by atoms with Crippen LogP contribution in [0.25, 0.3) is 16.9 Å². The van der Waals surface area contributed by atoms with Crippen molar-refractivity contribution in [1.82, 2.24) is 20.1 Å². The van der Waals surface area contributed by atoms with Crippen molar-refractivity contribution in [3.63, 3.8) is 0 Å². The lowest BCUT2D eigenvalue weighted by Gasteiger charge is -2.28. The summed E-state index contributed by atoms with van der Waals surface area (Å²) in [5.74, 6) is -1.57. The maximum Gasteiger partial charge on any atom is 0.248 e. The number of pyridine rings is 1. The third kappa shape index (κ3) is 9.39. The van der Waals surface area contributed by atoms with Gasteiger partial charge in [-0.05, 0) is 56.6 Å². The second-order valence-electron chi connectivity index (χ2n) is 9.88. The monoisotopic (exact) mass is 603 g/mol. The van der Waals surface area contributed by atoms with Crippen molar-refractivity contribution in [3.05, 3.63) is 60.8 Å². The largest absolute Gasteiger partial charge is 0.370 e. The second kappa shape index (κ2) is 15.5. The summed E-state index contributed by atoms with van der Waals surface area (Å²) in [7, 11) is 0.832. The van der Waals surface area contributed by atoms with Crippen LogP contribution < -0.4 is 16.0 Å². The number of nitriles is 1. The number of carbonyl (C=O) groups is 1. The quantitative estimate of drug-likeness (QED) is 0.450. The zero-order valence-electron chi connectivity index (χ0n) is 23.7. The molecule has 2 aliphatic rings. The van der Waals surface area contributed by atoms with Gasteiger partial charge in [0, 0.05) is 71.6 Å². The van der Waals surface area contributed by atoms with Crippen LogP contribution in [0.4, 0.5) is 18.9 Å². The average molecular weight is 604 g/mol. The summed E-state index contributed by atoms with van der Waals surface area (Å²) in [5, 5.41) is 15.3. The Labute approximate surface area is 246 Å². The molecule has 0 spiro atoms. The third-order valence-corrected chi connectivity index (χ3v) is 8.19. The zero-order chi connectivity index (χ0) is 30.7. The molecule has 1 unspecified atom stereocenters. The molecule has 226 valence electrons. The van der Waals surface area contributed by atoms with Gasteiger partial charge in [-0.2, -0.15) is 10.4 Å². The molecule has 1 amide bonds. The standard InChI is InChI=1S/C18H17FN4OS.C10H14F2N2O.CH5N/c19-16-3-6-18(20-12-16)23-13-15(11-21-23)14-1-4-17(5-2-14)22-7-9-25(24)10-8-22;1-7(6-13)14-9(15)8-2-4-10(11,12)5-3-8;1-2/h1-6,11-13H,7-10H2;7-8H,2-5H2,1H3,(H,14,15);2H2,1H3. The van der Waals surface area contributed by atoms with Crippen molar-refractivity contribution in [1.29, 1.82) is 5.26 Å². The molecule has 0 bridgehead atoms. The van der Waals surface area contributed by atoms with Crippen molar-refractivity contribution in [2.75, 3.05) is 36.5 Å². The minimum Gasteiger partial charge on any atom is -0.370 e. The molecule has 42 heavy (non-hydrogen) atoms. The first-order valence-electron chi connectivity index (χ1n) is 13.7. The Hall–Kier alpha value is -3.76. The first-order valence-corrected chi connectivity index (χ1v) is 15.1. The van der Waals surface area contributed by atoms with Crippen molar-refractivity contribution < 1.29 is 22.2 Å². The van der Waals surface area contributed by atoms with Crippen LogP contribution in [-0.4, -0.2) is 68.5 Å². The van der Waals surface area contributed by atoms with Gasteiger partial charge in [-0.15, -0.1) is 0 Å². The first kappa shape index (κ1) is 32.8. The van der Waals surface area contributed by atoms with E-state index in [1.54, 1.807) is 23.9 Å². The van der Waals surface area contributed by atoms with E-state index in [4.69, 9.17) is 5.26 Å². The molecule has 2 aromatic heterocycles. The second-order valence-corrected chi connectivity index (χ2v) is 11.6. The maximum atomic E-state index is 13.0. The molecule has 3 heterocycles. The Morgan fingerprint density at radius 1 is 1.10 bits per heavy atom. The van der Waals surface area contributed by atoms with Gasteiger partial charge in [0.2, 0.25) is 11.8 Å². The molecule has 1 aliphatic heterocycles. The van der Waals surface area contributed by atoms with E-state index in [0.717, 1.165) is 41.4 Å². The van der Waals surface area contributed by atoms with Gasteiger partial charge >= 0.3 is 0 Å². The lowest BCUT2D eigenvalue weighted by molar-refractivity contribution is -0.129. The smallest absolute Gasteiger partial charge is 0.248 e. The lowest BCUT2D eigenvalue weighted by Crippen LogP contribution is -2.39. The van der Waals surface area contributed by atoms with Gasteiger partial charge in [0.15, 0.2) is 5.82 Å². The Kier molecular flexibility index (Phi) is 12.1. The van der Waals surface area contributed by atoms with Crippen molar-refractivity contribution >= 4 is 22.4 Å². The summed E-state index contributed by atoms with van der Waals surface area (Å²) in [6, 6.07) is 12.5. The maximum absolute atomic E-state index is 13.0. The minimum absolute atomic E-state index is 0.205. The highest BCUT2D eigenvalue weighted by Gasteiger charge is 2.37. The molecule has 1 saturated carbocycles. The number of aromatic nitrogens is 3. The summed E-state index contributed by atoms with van der Waals surface area (Å²) >= 11 is 0. The summed E-state index contributed by atoms with van der Waals surface area (Å²) in [6.07, 6.45) is 4.77. The first-order chi connectivity index (χ1) is 20.1. The van der Waals surface area contributed by atoms with Crippen LogP contribution >= 0.6 is 0 Å². The SMILES string of the molecule is CC(C#N)NC(=O)C1CCC(F)(F)CC1.CN.O=S1CCN(c2ccc(-c3cnn(-c4ccc(F)cn4)c3)cc2)CC1. The molecular formula is C29H36F3N7O2S. The topological polar surface area (TPSA) is 130 Å². The third-order valence-electron chi connectivity index (χ3n) is 6.91. The predicted octanol–water partition coefficient (Wildman–Crippen LogP) is 4.06. The fourth-order valence-electron chi connectivity index (χ4n) is 4.53. The number of nitrogens with two attached hydrogens (primary N) is 1. The molecule has 9 nitrogen and oxygen atoms in total. The van der Waals surface area contributed by atoms with Crippen molar-refractivity contribution in [3.8, 4) is 23.0 Å². The van der Waals surface area contributed by atoms with E-state index >= 15 is 0 Å². The number of nitrogens with zero attached hydrogens (tertiary/aromatic N) is 5. The highest BCUT2D eigenvalue weighted by Crippen LogP contribution is 2.36. The van der Waals surface area contributed by atoms with Gasteiger partial charge in [0.05, 0.1) is 18.5 Å². The summed E-state index contributed by atoms with van der Waals surface area (Å²) in [6.45, 7) is 3.23. The van der Waals surface area contributed by atoms with Gasteiger partial charge in [-0.1, -0.05) is 12.1 Å². The summed E-state index contributed by atoms with van der Waals surface area (Å²) < 4.78 is 51.6. The molecule has 2 fully saturated rings. The fourth-order valence-corrected chi connectivity index (χ4v) is 5.58. The van der Waals surface area contributed by atoms with Gasteiger partial charge in [-0.25, -0.2) is 22.8 Å². The van der Waals surface area contributed by atoms with Crippen molar-refractivity contribution in [2.24, 2.45) is 11.7 Å². The Bertz CT molecular complexity index is 1340. The van der Waals surface area contributed by atoms with Gasteiger partial charge in [-0.3, -0.25) is 9.00 Å². The molecule has 5 rings (SSSR count). The van der Waals surface area contributed by atoms with Crippen LogP contribution in [0.15, 0.2) is 55.0 Å². The van der Waals surface area contributed by atoms with Gasteiger partial charge < -0.3 is 16.0 Å². The Morgan fingerprint density at radius 3 is 2.31 bits per heavy atom. The highest BCUT2D eigenvalue weighted by atomic mass is 32.2. The van der Waals surface area contributed by atoms with Crippen LogP contribution in [0.3, 0.4) is 0 Å². The Balaban J connectivity index is 0.000000245. The molecule has 13 heteroatoms. The van der Waals surface area contributed by atoms with E-state index in [2.05, 4.69) is 50.3 Å². The number of rotatable bonds is 5. The lowest BCUT2D eigenvalue weighted by atomic mass is 9.86. The number of carbonyl (C=O) groups excluding carboxylic acids is 1. The molecule has 1 aliphatic carbocycles. The highest BCUT2D eigenvalue weighted by molar-refractivity contribution is 7.85. The molecule has 3 aromatic rings. The van der Waals surface area contributed by atoms with E-state index < -0.39 is 22.8 Å². The summed E-state index contributed by atoms with van der Waals surface area (Å²) in [4.78, 5) is 17.8. The molecule has 1 aromatic carbocycles. The Morgan fingerprint density at radius 2 is 1.74 bits per heavy atom. The number of hydrogen-bond acceptors (Lipinski definition) is 7. The van der Waals surface area contributed by atoms with E-state index in [-0.39, 0.29) is 43.3 Å². The fraction of sp³-hybridized carbons (Fsp3) is 0.448. The van der Waals surface area contributed by atoms with Crippen LogP contribution in [0, 0.1) is 23.1 Å². The van der Waals surface area contributed by atoms with Gasteiger partial charge in [0.25, 0.3) is 0 Å². The van der Waals surface area contributed by atoms with Crippen LogP contribution in [0.1, 0.15) is 32.6 Å². The molecule has 0 radical (unpaired) electrons. The number of hydrogen-bond donors (Lipinski definition) is 2. The van der Waals surface area contributed by atoms with Crippen molar-refractivity contribution in [2.45, 2.75) is 44.6 Å². The average Bonchev–Trinajstić information content (AvgIpc) is 3.50. The molecule has 1 saturated heterocycles. The van der Waals surface area contributed by atoms with Gasteiger partial charge in [0.1, 0.15) is 11.9 Å². The van der Waals surface area contributed by atoms with Crippen LogP contribution in [0.5, 0.6) is 0 Å². The van der Waals surface area contributed by atoms with E-state index in [0.29, 0.717) is 5.82 Å². The number of alkyl halides is 2.